The van der Waals surface area contributed by atoms with Crippen LogP contribution in [0.1, 0.15) is 0 Å². The van der Waals surface area contributed by atoms with E-state index in [0.717, 1.165) is 0 Å². The first-order valence-corrected chi connectivity index (χ1v) is 3.35. The maximum absolute atomic E-state index is 8.63. The van der Waals surface area contributed by atoms with Gasteiger partial charge in [-0.2, -0.15) is 0 Å². The molecule has 0 spiro atoms. The number of ether oxygens (including phenoxy) is 1. The normalized spacial score (nSPS) is 11.2. The van der Waals surface area contributed by atoms with Crippen LogP contribution in [0.5, 0.6) is 0 Å². The summed E-state index contributed by atoms with van der Waals surface area (Å²) in [7, 11) is 0. The Labute approximate surface area is 70.6 Å². The van der Waals surface area contributed by atoms with Crippen LogP contribution in [0, 0.1) is 0 Å². The van der Waals surface area contributed by atoms with Crippen LogP contribution in [-0.2, 0) is 9.53 Å². The van der Waals surface area contributed by atoms with Gasteiger partial charge in [0.05, 0.1) is 26.4 Å². The van der Waals surface area contributed by atoms with Crippen LogP contribution in [0.25, 0.3) is 0 Å². The second kappa shape index (κ2) is 12.9. The lowest BCUT2D eigenvalue weighted by molar-refractivity contribution is -0.106. The molecule has 0 bridgehead atoms. The summed E-state index contributed by atoms with van der Waals surface area (Å²) in [5.41, 5.74) is 4.17. The van der Waals surface area contributed by atoms with Crippen molar-refractivity contribution in [2.24, 2.45) is 5.73 Å². The van der Waals surface area contributed by atoms with Crippen LogP contribution in [0.2, 0.25) is 0 Å². The summed E-state index contributed by atoms with van der Waals surface area (Å²) in [5, 5.41) is 25.1. The number of rotatable bonds is 5. The van der Waals surface area contributed by atoms with Crippen LogP contribution in [0.3, 0.4) is 0 Å². The van der Waals surface area contributed by atoms with E-state index < -0.39 is 6.10 Å². The Hall–Kier alpha value is -0.690. The number of aliphatic hydroxyl groups is 3. The standard InChI is InChI=1S/C5H12O4.CH3NO/c6-1-2-9-4-5(8)3-7;2-1-3/h5-8H,1-4H2;1H,(H2,2,3). The molecule has 6 nitrogen and oxygen atoms in total. The fourth-order valence-electron chi connectivity index (χ4n) is 0.337. The molecule has 1 unspecified atom stereocenters. The van der Waals surface area contributed by atoms with Crippen molar-refractivity contribution in [2.45, 2.75) is 6.10 Å². The van der Waals surface area contributed by atoms with Gasteiger partial charge in [-0.1, -0.05) is 0 Å². The van der Waals surface area contributed by atoms with Crippen molar-refractivity contribution >= 4 is 6.41 Å². The zero-order chi connectivity index (χ0) is 9.82. The third kappa shape index (κ3) is 16.1. The van der Waals surface area contributed by atoms with Gasteiger partial charge in [-0.05, 0) is 0 Å². The van der Waals surface area contributed by atoms with Crippen LogP contribution in [-0.4, -0.2) is 54.3 Å². The van der Waals surface area contributed by atoms with Gasteiger partial charge in [0.1, 0.15) is 6.10 Å². The summed E-state index contributed by atoms with van der Waals surface area (Å²) < 4.78 is 4.68. The number of hydrogen-bond donors (Lipinski definition) is 4. The van der Waals surface area contributed by atoms with E-state index in [2.05, 4.69) is 10.5 Å². The molecule has 0 aromatic carbocycles. The molecule has 0 aliphatic carbocycles. The lowest BCUT2D eigenvalue weighted by atomic mass is 10.4. The highest BCUT2D eigenvalue weighted by Gasteiger charge is 1.99. The third-order valence-corrected chi connectivity index (χ3v) is 0.757. The molecule has 0 fully saturated rings. The van der Waals surface area contributed by atoms with Gasteiger partial charge >= 0.3 is 0 Å². The van der Waals surface area contributed by atoms with E-state index in [4.69, 9.17) is 20.1 Å². The zero-order valence-corrected chi connectivity index (χ0v) is 6.72. The number of primary amides is 1. The molecule has 0 aromatic rings. The van der Waals surface area contributed by atoms with Crippen LogP contribution < -0.4 is 5.73 Å². The Balaban J connectivity index is 0. The van der Waals surface area contributed by atoms with Gasteiger partial charge in [0, 0.05) is 0 Å². The minimum Gasteiger partial charge on any atom is -0.394 e. The Kier molecular flexibility index (Phi) is 15.0. The molecule has 0 saturated heterocycles. The predicted molar refractivity (Wildman–Crippen MR) is 41.2 cm³/mol. The van der Waals surface area contributed by atoms with Gasteiger partial charge in [-0.3, -0.25) is 4.79 Å². The van der Waals surface area contributed by atoms with E-state index in [1.54, 1.807) is 0 Å². The molecule has 0 radical (unpaired) electrons. The fourth-order valence-corrected chi connectivity index (χ4v) is 0.337. The van der Waals surface area contributed by atoms with E-state index in [-0.39, 0.29) is 32.8 Å². The SMILES string of the molecule is NC=O.OCCOCC(O)CO. The lowest BCUT2D eigenvalue weighted by Gasteiger charge is -2.05. The molecule has 5 N–H and O–H groups in total. The molecule has 0 aliphatic rings. The average Bonchev–Trinajstić information content (AvgIpc) is 2.06. The van der Waals surface area contributed by atoms with Crippen LogP contribution in [0.4, 0.5) is 0 Å². The van der Waals surface area contributed by atoms with E-state index in [1.807, 2.05) is 0 Å². The summed E-state index contributed by atoms with van der Waals surface area (Å²) in [6.07, 6.45) is -0.573. The number of amides is 1. The third-order valence-electron chi connectivity index (χ3n) is 0.757. The largest absolute Gasteiger partial charge is 0.394 e. The second-order valence-electron chi connectivity index (χ2n) is 1.77. The summed E-state index contributed by atoms with van der Waals surface area (Å²) >= 11 is 0. The van der Waals surface area contributed by atoms with E-state index in [9.17, 15) is 0 Å². The maximum atomic E-state index is 8.63. The van der Waals surface area contributed by atoms with Gasteiger partial charge in [0.25, 0.3) is 0 Å². The van der Waals surface area contributed by atoms with Gasteiger partial charge in [0.15, 0.2) is 0 Å². The maximum Gasteiger partial charge on any atom is 0.204 e. The minimum absolute atomic E-state index is 0.0574. The zero-order valence-electron chi connectivity index (χ0n) is 6.72. The van der Waals surface area contributed by atoms with E-state index in [1.165, 1.54) is 0 Å². The van der Waals surface area contributed by atoms with Gasteiger partial charge in [0.2, 0.25) is 6.41 Å². The fraction of sp³-hybridized carbons (Fsp3) is 0.833. The molecule has 0 heterocycles. The molecule has 1 amide bonds. The monoisotopic (exact) mass is 181 g/mol. The molecule has 0 saturated carbocycles. The van der Waals surface area contributed by atoms with Crippen molar-refractivity contribution in [1.82, 2.24) is 0 Å². The number of nitrogens with two attached hydrogens (primary N) is 1. The molecule has 6 heteroatoms. The summed E-state index contributed by atoms with van der Waals surface area (Å²) in [5.74, 6) is 0. The Morgan fingerprint density at radius 3 is 2.33 bits per heavy atom. The smallest absolute Gasteiger partial charge is 0.204 e. The van der Waals surface area contributed by atoms with Crippen molar-refractivity contribution < 1.29 is 24.9 Å². The molecular weight excluding hydrogens is 166 g/mol. The van der Waals surface area contributed by atoms with Crippen molar-refractivity contribution in [3.8, 4) is 0 Å². The van der Waals surface area contributed by atoms with Gasteiger partial charge < -0.3 is 25.8 Å². The second-order valence-corrected chi connectivity index (χ2v) is 1.77. The first-order chi connectivity index (χ1) is 5.72. The highest BCUT2D eigenvalue weighted by molar-refractivity contribution is 5.42. The van der Waals surface area contributed by atoms with E-state index in [0.29, 0.717) is 0 Å². The summed E-state index contributed by atoms with van der Waals surface area (Å²) in [4.78, 5) is 8.58. The molecule has 0 aromatic heterocycles. The molecule has 74 valence electrons. The predicted octanol–water partition coefficient (Wildman–Crippen LogP) is -2.55. The number of carbonyl (C=O) groups excluding carboxylic acids is 1. The Morgan fingerprint density at radius 1 is 1.50 bits per heavy atom. The molecule has 0 rings (SSSR count). The Bertz CT molecular complexity index is 90.0. The number of hydrogen-bond acceptors (Lipinski definition) is 5. The topological polar surface area (TPSA) is 113 Å². The first-order valence-electron chi connectivity index (χ1n) is 3.35. The van der Waals surface area contributed by atoms with Crippen LogP contribution in [0.15, 0.2) is 0 Å². The molecule has 0 aliphatic heterocycles. The highest BCUT2D eigenvalue weighted by atomic mass is 16.5. The quantitative estimate of drug-likeness (QED) is 0.275. The number of aliphatic hydroxyl groups excluding tert-OH is 3. The van der Waals surface area contributed by atoms with Crippen LogP contribution >= 0.6 is 0 Å². The summed E-state index contributed by atoms with van der Waals surface area (Å²) in [6.45, 7) is -0.0717. The van der Waals surface area contributed by atoms with Gasteiger partial charge in [-0.15, -0.1) is 0 Å². The van der Waals surface area contributed by atoms with Crippen molar-refractivity contribution in [3.05, 3.63) is 0 Å². The summed E-state index contributed by atoms with van der Waals surface area (Å²) in [6, 6.07) is 0. The van der Waals surface area contributed by atoms with Crippen molar-refractivity contribution in [3.63, 3.8) is 0 Å². The lowest BCUT2D eigenvalue weighted by Crippen LogP contribution is -2.20. The average molecular weight is 181 g/mol. The molecule has 1 atom stereocenters. The molecular formula is C6H15NO5. The van der Waals surface area contributed by atoms with Crippen molar-refractivity contribution in [2.75, 3.05) is 26.4 Å². The van der Waals surface area contributed by atoms with Crippen molar-refractivity contribution in [1.29, 1.82) is 0 Å². The number of carbonyl (C=O) groups is 1. The highest BCUT2D eigenvalue weighted by Crippen LogP contribution is 1.81. The Morgan fingerprint density at radius 2 is 2.00 bits per heavy atom. The first kappa shape index (κ1) is 13.9. The van der Waals surface area contributed by atoms with E-state index >= 15 is 0 Å². The minimum atomic E-state index is -0.823. The molecule has 12 heavy (non-hydrogen) atoms. The van der Waals surface area contributed by atoms with Gasteiger partial charge in [-0.25, -0.2) is 0 Å².